The summed E-state index contributed by atoms with van der Waals surface area (Å²) >= 11 is 1.67. The molecule has 27 heavy (non-hydrogen) atoms. The average Bonchev–Trinajstić information content (AvgIpc) is 3.31. The van der Waals surface area contributed by atoms with E-state index in [0.29, 0.717) is 12.4 Å². The van der Waals surface area contributed by atoms with Gasteiger partial charge in [-0.3, -0.25) is 4.98 Å². The van der Waals surface area contributed by atoms with Gasteiger partial charge in [-0.2, -0.15) is 0 Å². The Morgan fingerprint density at radius 2 is 2.04 bits per heavy atom. The van der Waals surface area contributed by atoms with Gasteiger partial charge in [-0.25, -0.2) is 9.97 Å². The summed E-state index contributed by atoms with van der Waals surface area (Å²) in [6.07, 6.45) is 3.53. The van der Waals surface area contributed by atoms with E-state index in [2.05, 4.69) is 23.3 Å². The number of fused-ring (bicyclic) bond motifs is 2. The van der Waals surface area contributed by atoms with Crippen LogP contribution in [0.1, 0.15) is 10.4 Å². The van der Waals surface area contributed by atoms with Gasteiger partial charge in [0.1, 0.15) is 10.6 Å². The lowest BCUT2D eigenvalue weighted by Crippen LogP contribution is -2.03. The van der Waals surface area contributed by atoms with E-state index in [9.17, 15) is 0 Å². The van der Waals surface area contributed by atoms with Gasteiger partial charge in [-0.1, -0.05) is 6.07 Å². The third-order valence-corrected chi connectivity index (χ3v) is 5.28. The monoisotopic (exact) mass is 376 g/mol. The Balaban J connectivity index is 1.50. The number of ether oxygens (including phenoxy) is 2. The van der Waals surface area contributed by atoms with Crippen LogP contribution in [0.3, 0.4) is 0 Å². The number of benzene rings is 1. The lowest BCUT2D eigenvalue weighted by Gasteiger charge is -2.09. The number of aromatic nitrogens is 3. The quantitative estimate of drug-likeness (QED) is 0.569. The number of nitrogens with one attached hydrogen (secondary N) is 1. The first kappa shape index (κ1) is 16.0. The van der Waals surface area contributed by atoms with Crippen molar-refractivity contribution in [2.75, 3.05) is 12.1 Å². The van der Waals surface area contributed by atoms with Crippen LogP contribution in [0.25, 0.3) is 21.6 Å². The molecule has 134 valence electrons. The zero-order valence-corrected chi connectivity index (χ0v) is 15.4. The second-order valence-corrected chi connectivity index (χ2v) is 7.49. The summed E-state index contributed by atoms with van der Waals surface area (Å²) in [6, 6.07) is 11.9. The molecule has 4 heterocycles. The second kappa shape index (κ2) is 6.51. The summed E-state index contributed by atoms with van der Waals surface area (Å²) < 4.78 is 10.8. The Morgan fingerprint density at radius 1 is 1.11 bits per heavy atom. The van der Waals surface area contributed by atoms with Gasteiger partial charge in [0, 0.05) is 29.4 Å². The predicted octanol–water partition coefficient (Wildman–Crippen LogP) is 4.40. The van der Waals surface area contributed by atoms with Crippen molar-refractivity contribution in [2.45, 2.75) is 13.5 Å². The summed E-state index contributed by atoms with van der Waals surface area (Å²) in [4.78, 5) is 15.8. The highest BCUT2D eigenvalue weighted by Gasteiger charge is 2.15. The first-order valence-electron chi connectivity index (χ1n) is 8.57. The van der Waals surface area contributed by atoms with Gasteiger partial charge in [0.25, 0.3) is 0 Å². The maximum absolute atomic E-state index is 5.46. The smallest absolute Gasteiger partial charge is 0.231 e. The zero-order chi connectivity index (χ0) is 18.2. The average molecular weight is 376 g/mol. The third kappa shape index (κ3) is 3.06. The molecule has 0 fully saturated rings. The van der Waals surface area contributed by atoms with E-state index in [1.807, 2.05) is 30.3 Å². The van der Waals surface area contributed by atoms with Crippen LogP contribution in [0.2, 0.25) is 0 Å². The molecule has 0 unspecified atom stereocenters. The van der Waals surface area contributed by atoms with Gasteiger partial charge in [0.2, 0.25) is 6.79 Å². The topological polar surface area (TPSA) is 69.2 Å². The number of rotatable bonds is 4. The highest BCUT2D eigenvalue weighted by Crippen LogP contribution is 2.34. The fourth-order valence-electron chi connectivity index (χ4n) is 3.04. The maximum Gasteiger partial charge on any atom is 0.231 e. The Labute approximate surface area is 159 Å². The number of aryl methyl sites for hydroxylation is 1. The van der Waals surface area contributed by atoms with E-state index < -0.39 is 0 Å². The van der Waals surface area contributed by atoms with Crippen molar-refractivity contribution in [3.8, 4) is 22.9 Å². The number of nitrogens with zero attached hydrogens (tertiary/aromatic N) is 3. The molecule has 3 aromatic heterocycles. The number of pyridine rings is 1. The minimum atomic E-state index is 0.279. The number of thiophene rings is 1. The molecule has 0 radical (unpaired) electrons. The molecule has 1 aliphatic rings. The zero-order valence-electron chi connectivity index (χ0n) is 14.6. The van der Waals surface area contributed by atoms with Gasteiger partial charge in [-0.15, -0.1) is 11.3 Å². The molecule has 6 nitrogen and oxygen atoms in total. The molecule has 1 aliphatic heterocycles. The fraction of sp³-hybridized carbons (Fsp3) is 0.150. The first-order chi connectivity index (χ1) is 13.3. The molecular weight excluding hydrogens is 360 g/mol. The van der Waals surface area contributed by atoms with Crippen LogP contribution >= 0.6 is 11.3 Å². The molecule has 0 bridgehead atoms. The van der Waals surface area contributed by atoms with Crippen molar-refractivity contribution in [1.82, 2.24) is 15.0 Å². The molecule has 0 atom stereocenters. The summed E-state index contributed by atoms with van der Waals surface area (Å²) in [6.45, 7) is 2.99. The fourth-order valence-corrected chi connectivity index (χ4v) is 3.92. The van der Waals surface area contributed by atoms with Gasteiger partial charge < -0.3 is 14.8 Å². The number of hydrogen-bond donors (Lipinski definition) is 1. The van der Waals surface area contributed by atoms with E-state index in [1.54, 1.807) is 23.7 Å². The van der Waals surface area contributed by atoms with Crippen molar-refractivity contribution < 1.29 is 9.47 Å². The Bertz CT molecular complexity index is 1130. The summed E-state index contributed by atoms with van der Waals surface area (Å²) in [5.41, 5.74) is 2.00. The number of hydrogen-bond acceptors (Lipinski definition) is 7. The van der Waals surface area contributed by atoms with Crippen LogP contribution in [-0.4, -0.2) is 21.7 Å². The Hall–Kier alpha value is -3.19. The summed E-state index contributed by atoms with van der Waals surface area (Å²) in [5, 5.41) is 4.49. The van der Waals surface area contributed by atoms with E-state index in [-0.39, 0.29) is 6.79 Å². The van der Waals surface area contributed by atoms with Gasteiger partial charge in [0.05, 0.1) is 5.39 Å². The summed E-state index contributed by atoms with van der Waals surface area (Å²) in [7, 11) is 0. The molecular formula is C20H16N4O2S. The molecule has 0 saturated carbocycles. The predicted molar refractivity (Wildman–Crippen MR) is 105 cm³/mol. The van der Waals surface area contributed by atoms with Crippen LogP contribution < -0.4 is 14.8 Å². The van der Waals surface area contributed by atoms with Gasteiger partial charge >= 0.3 is 0 Å². The number of anilines is 1. The molecule has 0 saturated heterocycles. The van der Waals surface area contributed by atoms with E-state index in [0.717, 1.165) is 38.7 Å². The van der Waals surface area contributed by atoms with Crippen LogP contribution in [0.5, 0.6) is 11.5 Å². The Morgan fingerprint density at radius 3 is 2.93 bits per heavy atom. The molecule has 4 aromatic rings. The van der Waals surface area contributed by atoms with Crippen LogP contribution in [0.4, 0.5) is 5.82 Å². The minimum absolute atomic E-state index is 0.279. The van der Waals surface area contributed by atoms with Gasteiger partial charge in [-0.05, 0) is 42.8 Å². The van der Waals surface area contributed by atoms with Crippen molar-refractivity contribution in [2.24, 2.45) is 0 Å². The van der Waals surface area contributed by atoms with Crippen molar-refractivity contribution in [3.63, 3.8) is 0 Å². The van der Waals surface area contributed by atoms with Crippen LogP contribution in [0, 0.1) is 6.92 Å². The lowest BCUT2D eigenvalue weighted by molar-refractivity contribution is 0.174. The minimum Gasteiger partial charge on any atom is -0.454 e. The molecule has 0 aliphatic carbocycles. The van der Waals surface area contributed by atoms with Gasteiger partial charge in [0.15, 0.2) is 17.3 Å². The SMILES string of the molecule is Cc1cc2c(NCc3ccc4c(c3)OCO4)nc(-c3cccnc3)nc2s1. The highest BCUT2D eigenvalue weighted by molar-refractivity contribution is 7.18. The lowest BCUT2D eigenvalue weighted by atomic mass is 10.2. The Kier molecular flexibility index (Phi) is 3.86. The van der Waals surface area contributed by atoms with E-state index >= 15 is 0 Å². The van der Waals surface area contributed by atoms with Crippen molar-refractivity contribution >= 4 is 27.4 Å². The van der Waals surface area contributed by atoms with E-state index in [1.165, 1.54) is 4.88 Å². The molecule has 7 heteroatoms. The largest absolute Gasteiger partial charge is 0.454 e. The first-order valence-corrected chi connectivity index (χ1v) is 9.39. The van der Waals surface area contributed by atoms with Crippen LogP contribution in [-0.2, 0) is 6.54 Å². The molecule has 0 spiro atoms. The summed E-state index contributed by atoms with van der Waals surface area (Å²) in [5.74, 6) is 3.06. The normalized spacial score (nSPS) is 12.5. The van der Waals surface area contributed by atoms with Crippen molar-refractivity contribution in [1.29, 1.82) is 0 Å². The van der Waals surface area contributed by atoms with E-state index in [4.69, 9.17) is 19.4 Å². The highest BCUT2D eigenvalue weighted by atomic mass is 32.1. The second-order valence-electron chi connectivity index (χ2n) is 6.25. The maximum atomic E-state index is 5.46. The molecule has 1 N–H and O–H groups in total. The third-order valence-electron chi connectivity index (χ3n) is 4.33. The standard InChI is InChI=1S/C20H16N4O2S/c1-12-7-15-19(22-9-13-4-5-16-17(8-13)26-11-25-16)23-18(24-20(15)27-12)14-3-2-6-21-10-14/h2-8,10H,9,11H2,1H3,(H,22,23,24). The molecule has 1 aromatic carbocycles. The molecule has 5 rings (SSSR count). The molecule has 0 amide bonds. The van der Waals surface area contributed by atoms with Crippen LogP contribution in [0.15, 0.2) is 48.8 Å². The van der Waals surface area contributed by atoms with Crippen molar-refractivity contribution in [3.05, 3.63) is 59.2 Å².